The number of hydrogen-bond donors (Lipinski definition) is 1. The van der Waals surface area contributed by atoms with E-state index in [0.29, 0.717) is 5.75 Å². The topological polar surface area (TPSA) is 33.4 Å². The third kappa shape index (κ3) is 1.97. The molecule has 0 saturated carbocycles. The Morgan fingerprint density at radius 2 is 1.90 bits per heavy atom. The minimum absolute atomic E-state index is 0.339. The average molecular weight is 266 g/mol. The monoisotopic (exact) mass is 266 g/mol. The highest BCUT2D eigenvalue weighted by molar-refractivity contribution is 5.98. The van der Waals surface area contributed by atoms with Crippen LogP contribution in [0.25, 0.3) is 22.1 Å². The summed E-state index contributed by atoms with van der Waals surface area (Å²) >= 11 is 0. The van der Waals surface area contributed by atoms with Gasteiger partial charge in [-0.2, -0.15) is 0 Å². The van der Waals surface area contributed by atoms with E-state index in [9.17, 15) is 5.11 Å². The van der Waals surface area contributed by atoms with Crippen LogP contribution in [0, 0.1) is 6.92 Å². The van der Waals surface area contributed by atoms with Crippen molar-refractivity contribution in [2.75, 3.05) is 0 Å². The molecule has 0 radical (unpaired) electrons. The van der Waals surface area contributed by atoms with Crippen molar-refractivity contribution in [2.24, 2.45) is 0 Å². The number of phenols is 1. The van der Waals surface area contributed by atoms with Gasteiger partial charge in [0, 0.05) is 16.5 Å². The number of fused-ring (bicyclic) bond motifs is 1. The van der Waals surface area contributed by atoms with Gasteiger partial charge in [0.25, 0.3) is 0 Å². The van der Waals surface area contributed by atoms with Crippen molar-refractivity contribution in [1.82, 2.24) is 0 Å². The molecule has 0 aliphatic heterocycles. The number of furan rings is 1. The van der Waals surface area contributed by atoms with E-state index in [4.69, 9.17) is 4.42 Å². The lowest BCUT2D eigenvalue weighted by Crippen LogP contribution is -1.88. The summed E-state index contributed by atoms with van der Waals surface area (Å²) in [4.78, 5) is 0. The molecule has 0 aliphatic carbocycles. The van der Waals surface area contributed by atoms with Crippen LogP contribution in [0.5, 0.6) is 5.75 Å². The zero-order chi connectivity index (χ0) is 14.1. The van der Waals surface area contributed by atoms with Gasteiger partial charge in [-0.3, -0.25) is 0 Å². The fraction of sp³-hybridized carbons (Fsp3) is 0.222. The van der Waals surface area contributed by atoms with Gasteiger partial charge in [0.15, 0.2) is 0 Å². The average Bonchev–Trinajstić information content (AvgIpc) is 2.89. The zero-order valence-corrected chi connectivity index (χ0v) is 11.8. The maximum absolute atomic E-state index is 10.1. The molecule has 0 fully saturated rings. The molecule has 0 saturated heterocycles. The maximum atomic E-state index is 10.1. The SMILES string of the molecule is CCCc1c(O)cc(C)c2c(-c3ccccc3)coc12. The number of phenolic OH excluding ortho intramolecular Hbond substituents is 1. The van der Waals surface area contributed by atoms with Crippen LogP contribution >= 0.6 is 0 Å². The quantitative estimate of drug-likeness (QED) is 0.718. The molecule has 1 aromatic heterocycles. The third-order valence-corrected chi connectivity index (χ3v) is 3.71. The smallest absolute Gasteiger partial charge is 0.141 e. The molecule has 2 nitrogen and oxygen atoms in total. The maximum Gasteiger partial charge on any atom is 0.141 e. The summed E-state index contributed by atoms with van der Waals surface area (Å²) in [5, 5.41) is 11.2. The number of rotatable bonds is 3. The molecule has 2 heteroatoms. The second-order valence-electron chi connectivity index (χ2n) is 5.16. The minimum Gasteiger partial charge on any atom is -0.508 e. The summed E-state index contributed by atoms with van der Waals surface area (Å²) in [7, 11) is 0. The molecule has 3 aromatic rings. The molecule has 1 N–H and O–H groups in total. The van der Waals surface area contributed by atoms with E-state index in [-0.39, 0.29) is 0 Å². The second kappa shape index (κ2) is 5.04. The molecule has 0 spiro atoms. The first-order chi connectivity index (χ1) is 9.72. The lowest BCUT2D eigenvalue weighted by molar-refractivity contribution is 0.466. The van der Waals surface area contributed by atoms with Crippen LogP contribution in [0.4, 0.5) is 0 Å². The third-order valence-electron chi connectivity index (χ3n) is 3.71. The van der Waals surface area contributed by atoms with Crippen molar-refractivity contribution in [3.05, 3.63) is 53.8 Å². The van der Waals surface area contributed by atoms with E-state index in [0.717, 1.165) is 46.1 Å². The van der Waals surface area contributed by atoms with Gasteiger partial charge in [0.1, 0.15) is 11.3 Å². The molecular formula is C18H18O2. The van der Waals surface area contributed by atoms with E-state index < -0.39 is 0 Å². The van der Waals surface area contributed by atoms with E-state index in [1.165, 1.54) is 0 Å². The predicted molar refractivity (Wildman–Crippen MR) is 82.0 cm³/mol. The number of hydrogen-bond acceptors (Lipinski definition) is 2. The van der Waals surface area contributed by atoms with E-state index in [1.807, 2.05) is 31.2 Å². The van der Waals surface area contributed by atoms with Gasteiger partial charge in [-0.05, 0) is 30.5 Å². The summed E-state index contributed by atoms with van der Waals surface area (Å²) in [6, 6.07) is 12.1. The van der Waals surface area contributed by atoms with Gasteiger partial charge in [0.05, 0.1) is 6.26 Å². The van der Waals surface area contributed by atoms with Crippen LogP contribution in [0.2, 0.25) is 0 Å². The largest absolute Gasteiger partial charge is 0.508 e. The van der Waals surface area contributed by atoms with E-state index in [1.54, 1.807) is 6.26 Å². The first kappa shape index (κ1) is 12.8. The Morgan fingerprint density at radius 1 is 1.15 bits per heavy atom. The van der Waals surface area contributed by atoms with Crippen LogP contribution in [-0.4, -0.2) is 5.11 Å². The van der Waals surface area contributed by atoms with E-state index >= 15 is 0 Å². The molecule has 0 atom stereocenters. The Hall–Kier alpha value is -2.22. The Morgan fingerprint density at radius 3 is 2.60 bits per heavy atom. The summed E-state index contributed by atoms with van der Waals surface area (Å²) in [6.07, 6.45) is 3.60. The first-order valence-electron chi connectivity index (χ1n) is 7.00. The molecule has 20 heavy (non-hydrogen) atoms. The number of benzene rings is 2. The van der Waals surface area contributed by atoms with Crippen LogP contribution < -0.4 is 0 Å². The molecule has 1 heterocycles. The zero-order valence-electron chi connectivity index (χ0n) is 11.8. The first-order valence-corrected chi connectivity index (χ1v) is 7.00. The summed E-state index contributed by atoms with van der Waals surface area (Å²) in [6.45, 7) is 4.12. The van der Waals surface area contributed by atoms with Crippen LogP contribution in [0.3, 0.4) is 0 Å². The fourth-order valence-corrected chi connectivity index (χ4v) is 2.77. The molecule has 0 unspecified atom stereocenters. The van der Waals surface area contributed by atoms with Gasteiger partial charge >= 0.3 is 0 Å². The van der Waals surface area contributed by atoms with Crippen molar-refractivity contribution in [3.63, 3.8) is 0 Å². The lowest BCUT2D eigenvalue weighted by Gasteiger charge is -2.07. The molecule has 3 rings (SSSR count). The van der Waals surface area contributed by atoms with Crippen molar-refractivity contribution >= 4 is 11.0 Å². The van der Waals surface area contributed by atoms with Crippen molar-refractivity contribution in [3.8, 4) is 16.9 Å². The van der Waals surface area contributed by atoms with Crippen molar-refractivity contribution in [1.29, 1.82) is 0 Å². The summed E-state index contributed by atoms with van der Waals surface area (Å²) < 4.78 is 5.79. The van der Waals surface area contributed by atoms with Gasteiger partial charge < -0.3 is 9.52 Å². The Balaban J connectivity index is 2.30. The number of aromatic hydroxyl groups is 1. The highest BCUT2D eigenvalue weighted by Crippen LogP contribution is 2.38. The Kier molecular flexibility index (Phi) is 3.23. The lowest BCUT2D eigenvalue weighted by atomic mass is 9.97. The van der Waals surface area contributed by atoms with Gasteiger partial charge in [-0.1, -0.05) is 43.7 Å². The summed E-state index contributed by atoms with van der Waals surface area (Å²) in [5.41, 5.74) is 5.02. The normalized spacial score (nSPS) is 11.1. The molecular weight excluding hydrogens is 248 g/mol. The van der Waals surface area contributed by atoms with Gasteiger partial charge in [0.2, 0.25) is 0 Å². The fourth-order valence-electron chi connectivity index (χ4n) is 2.77. The Bertz CT molecular complexity index is 739. The highest BCUT2D eigenvalue weighted by atomic mass is 16.3. The molecule has 0 amide bonds. The van der Waals surface area contributed by atoms with Crippen molar-refractivity contribution in [2.45, 2.75) is 26.7 Å². The minimum atomic E-state index is 0.339. The highest BCUT2D eigenvalue weighted by Gasteiger charge is 2.16. The van der Waals surface area contributed by atoms with Crippen LogP contribution in [0.15, 0.2) is 47.1 Å². The summed E-state index contributed by atoms with van der Waals surface area (Å²) in [5.74, 6) is 0.339. The van der Waals surface area contributed by atoms with Crippen LogP contribution in [-0.2, 0) is 6.42 Å². The molecule has 102 valence electrons. The Labute approximate surface area is 118 Å². The van der Waals surface area contributed by atoms with Gasteiger partial charge in [-0.25, -0.2) is 0 Å². The molecule has 0 aliphatic rings. The second-order valence-corrected chi connectivity index (χ2v) is 5.16. The molecule has 0 bridgehead atoms. The van der Waals surface area contributed by atoms with Crippen LogP contribution in [0.1, 0.15) is 24.5 Å². The van der Waals surface area contributed by atoms with Crippen molar-refractivity contribution < 1.29 is 9.52 Å². The predicted octanol–water partition coefficient (Wildman–Crippen LogP) is 5.07. The van der Waals surface area contributed by atoms with Gasteiger partial charge in [-0.15, -0.1) is 0 Å². The van der Waals surface area contributed by atoms with E-state index in [2.05, 4.69) is 19.1 Å². The molecule has 2 aromatic carbocycles. The standard InChI is InChI=1S/C18H18O2/c1-3-7-14-16(19)10-12(2)17-15(11-20-18(14)17)13-8-5-4-6-9-13/h4-6,8-11,19H,3,7H2,1-2H3. The number of aryl methyl sites for hydroxylation is 2.